The van der Waals surface area contributed by atoms with Gasteiger partial charge in [0.25, 0.3) is 0 Å². The van der Waals surface area contributed by atoms with Crippen LogP contribution in [0.3, 0.4) is 0 Å². The van der Waals surface area contributed by atoms with Crippen molar-refractivity contribution in [2.24, 2.45) is 0 Å². The predicted octanol–water partition coefficient (Wildman–Crippen LogP) is 2.77. The fraction of sp³-hybridized carbons (Fsp3) is 1.00. The first kappa shape index (κ1) is 19.2. The summed E-state index contributed by atoms with van der Waals surface area (Å²) in [5.74, 6) is 0. The van der Waals surface area contributed by atoms with Crippen LogP contribution >= 0.6 is 41.2 Å². The molecule has 0 saturated heterocycles. The van der Waals surface area contributed by atoms with E-state index in [0.717, 1.165) is 0 Å². The van der Waals surface area contributed by atoms with Crippen LogP contribution < -0.4 is 0 Å². The summed E-state index contributed by atoms with van der Waals surface area (Å²) in [6.07, 6.45) is 0. The first-order chi connectivity index (χ1) is 8.57. The molecule has 0 bridgehead atoms. The molecule has 10 heteroatoms. The number of hydrogen-bond acceptors (Lipinski definition) is 10. The normalized spacial score (nSPS) is 13.0. The lowest BCUT2D eigenvalue weighted by Crippen LogP contribution is -2.31. The average molecular weight is 338 g/mol. The first-order valence-electron chi connectivity index (χ1n) is 4.58. The van der Waals surface area contributed by atoms with E-state index in [1.165, 1.54) is 83.9 Å². The lowest BCUT2D eigenvalue weighted by Gasteiger charge is -2.28. The van der Waals surface area contributed by atoms with Crippen molar-refractivity contribution in [3.05, 3.63) is 0 Å². The van der Waals surface area contributed by atoms with Crippen molar-refractivity contribution in [2.75, 3.05) is 42.7 Å². The van der Waals surface area contributed by atoms with Crippen molar-refractivity contribution in [3.8, 4) is 0 Å². The molecule has 0 atom stereocenters. The molecule has 0 rings (SSSR count). The van der Waals surface area contributed by atoms with Crippen LogP contribution in [0.4, 0.5) is 0 Å². The molecule has 0 aromatic rings. The summed E-state index contributed by atoms with van der Waals surface area (Å²) in [5, 5.41) is -2.26. The molecule has 0 aromatic heterocycles. The van der Waals surface area contributed by atoms with E-state index in [4.69, 9.17) is 28.4 Å². The standard InChI is InChI=1S/C8H18O6S4/c1-9-7(10-2,11-3)15-17-18-16-8(12-4,13-5)14-6/h1-6H3. The second-order valence-corrected chi connectivity index (χ2v) is 8.40. The molecule has 0 amide bonds. The molecular weight excluding hydrogens is 320 g/mol. The summed E-state index contributed by atoms with van der Waals surface area (Å²) < 4.78 is 30.8. The smallest absolute Gasteiger partial charge is 0.321 e. The van der Waals surface area contributed by atoms with Gasteiger partial charge in [0.1, 0.15) is 0 Å². The van der Waals surface area contributed by atoms with Gasteiger partial charge in [-0.25, -0.2) is 0 Å². The predicted molar refractivity (Wildman–Crippen MR) is 77.9 cm³/mol. The third-order valence-electron chi connectivity index (χ3n) is 1.80. The van der Waals surface area contributed by atoms with Gasteiger partial charge in [-0.2, -0.15) is 0 Å². The summed E-state index contributed by atoms with van der Waals surface area (Å²) in [5.41, 5.74) is 0. The zero-order valence-corrected chi connectivity index (χ0v) is 14.3. The van der Waals surface area contributed by atoms with Gasteiger partial charge in [-0.3, -0.25) is 0 Å². The number of methoxy groups -OCH3 is 6. The van der Waals surface area contributed by atoms with Gasteiger partial charge in [0.15, 0.2) is 0 Å². The Bertz CT molecular complexity index is 173. The van der Waals surface area contributed by atoms with E-state index in [0.29, 0.717) is 0 Å². The van der Waals surface area contributed by atoms with Crippen molar-refractivity contribution in [1.29, 1.82) is 0 Å². The van der Waals surface area contributed by atoms with Crippen LogP contribution in [0.15, 0.2) is 0 Å². The SMILES string of the molecule is COC(OC)(OC)SSSSC(OC)(OC)OC. The minimum Gasteiger partial charge on any atom is -0.321 e. The second-order valence-electron chi connectivity index (χ2n) is 2.53. The maximum absolute atomic E-state index is 5.13. The third-order valence-corrected chi connectivity index (χ3v) is 8.42. The third kappa shape index (κ3) is 5.65. The molecule has 0 spiro atoms. The van der Waals surface area contributed by atoms with Crippen LogP contribution in [0.5, 0.6) is 0 Å². The molecule has 0 N–H and O–H groups in total. The Morgan fingerprint density at radius 2 is 0.722 bits per heavy atom. The van der Waals surface area contributed by atoms with Gasteiger partial charge in [-0.15, -0.1) is 0 Å². The van der Waals surface area contributed by atoms with Crippen molar-refractivity contribution in [2.45, 2.75) is 10.6 Å². The zero-order valence-electron chi connectivity index (χ0n) is 11.1. The number of hydrogen-bond donors (Lipinski definition) is 0. The average Bonchev–Trinajstić information content (AvgIpc) is 2.45. The topological polar surface area (TPSA) is 55.4 Å². The van der Waals surface area contributed by atoms with E-state index in [1.807, 2.05) is 0 Å². The molecule has 0 aliphatic rings. The van der Waals surface area contributed by atoms with Gasteiger partial charge in [0, 0.05) is 64.2 Å². The Morgan fingerprint density at radius 1 is 0.500 bits per heavy atom. The maximum Gasteiger partial charge on any atom is 0.347 e. The molecule has 18 heavy (non-hydrogen) atoms. The minimum atomic E-state index is -1.13. The van der Waals surface area contributed by atoms with Crippen molar-refractivity contribution in [3.63, 3.8) is 0 Å². The fourth-order valence-corrected chi connectivity index (χ4v) is 6.84. The lowest BCUT2D eigenvalue weighted by molar-refractivity contribution is -0.283. The van der Waals surface area contributed by atoms with Gasteiger partial charge in [0.2, 0.25) is 0 Å². The van der Waals surface area contributed by atoms with Gasteiger partial charge >= 0.3 is 10.6 Å². The highest BCUT2D eigenvalue weighted by molar-refractivity contribution is 9.26. The maximum atomic E-state index is 5.13. The molecular formula is C8H18O6S4. The lowest BCUT2D eigenvalue weighted by atomic mass is 11.2. The Labute approximate surface area is 123 Å². The first-order valence-corrected chi connectivity index (χ1v) is 9.40. The Balaban J connectivity index is 4.11. The van der Waals surface area contributed by atoms with Crippen LogP contribution in [-0.4, -0.2) is 53.3 Å². The van der Waals surface area contributed by atoms with E-state index in [9.17, 15) is 0 Å². The molecule has 0 unspecified atom stereocenters. The second kappa shape index (κ2) is 9.97. The van der Waals surface area contributed by atoms with E-state index in [-0.39, 0.29) is 0 Å². The molecule has 110 valence electrons. The van der Waals surface area contributed by atoms with Gasteiger partial charge < -0.3 is 28.4 Å². The summed E-state index contributed by atoms with van der Waals surface area (Å²) in [6, 6.07) is 0. The quantitative estimate of drug-likeness (QED) is 0.319. The van der Waals surface area contributed by atoms with Crippen LogP contribution in [-0.2, 0) is 28.4 Å². The Morgan fingerprint density at radius 3 is 0.889 bits per heavy atom. The van der Waals surface area contributed by atoms with Crippen molar-refractivity contribution in [1.82, 2.24) is 0 Å². The van der Waals surface area contributed by atoms with Crippen LogP contribution in [0.25, 0.3) is 0 Å². The summed E-state index contributed by atoms with van der Waals surface area (Å²) in [6.45, 7) is 0. The molecule has 0 saturated carbocycles. The largest absolute Gasteiger partial charge is 0.347 e. The number of ether oxygens (including phenoxy) is 6. The highest BCUT2D eigenvalue weighted by atomic mass is 33.7. The van der Waals surface area contributed by atoms with Crippen LogP contribution in [0.1, 0.15) is 0 Å². The highest BCUT2D eigenvalue weighted by Gasteiger charge is 2.35. The molecule has 0 heterocycles. The fourth-order valence-electron chi connectivity index (χ4n) is 0.815. The van der Waals surface area contributed by atoms with Crippen LogP contribution in [0, 0.1) is 0 Å². The van der Waals surface area contributed by atoms with E-state index in [2.05, 4.69) is 0 Å². The zero-order chi connectivity index (χ0) is 14.1. The van der Waals surface area contributed by atoms with Gasteiger partial charge in [0.05, 0.1) is 0 Å². The Kier molecular flexibility index (Phi) is 10.6. The van der Waals surface area contributed by atoms with Gasteiger partial charge in [-0.05, 0) is 19.7 Å². The Hall–Kier alpha value is 1.16. The van der Waals surface area contributed by atoms with E-state index < -0.39 is 10.6 Å². The van der Waals surface area contributed by atoms with Crippen molar-refractivity contribution < 1.29 is 28.4 Å². The summed E-state index contributed by atoms with van der Waals surface area (Å²) >= 11 is 0. The summed E-state index contributed by atoms with van der Waals surface area (Å²) in [4.78, 5) is 0. The monoisotopic (exact) mass is 338 g/mol. The molecule has 0 aromatic carbocycles. The molecule has 0 aliphatic heterocycles. The van der Waals surface area contributed by atoms with E-state index in [1.54, 1.807) is 0 Å². The molecule has 0 aliphatic carbocycles. The summed E-state index contributed by atoms with van der Waals surface area (Å²) in [7, 11) is 14.3. The van der Waals surface area contributed by atoms with Crippen LogP contribution in [0.2, 0.25) is 0 Å². The number of rotatable bonds is 11. The van der Waals surface area contributed by atoms with E-state index >= 15 is 0 Å². The molecule has 0 fully saturated rings. The molecule has 6 nitrogen and oxygen atoms in total. The minimum absolute atomic E-state index is 1.13. The van der Waals surface area contributed by atoms with Crippen molar-refractivity contribution >= 4 is 41.2 Å². The van der Waals surface area contributed by atoms with Gasteiger partial charge in [-0.1, -0.05) is 0 Å². The molecule has 0 radical (unpaired) electrons. The highest BCUT2D eigenvalue weighted by Crippen LogP contribution is 2.53.